The highest BCUT2D eigenvalue weighted by molar-refractivity contribution is 6.00. The van der Waals surface area contributed by atoms with Gasteiger partial charge in [0.2, 0.25) is 0 Å². The number of allylic oxidation sites excluding steroid dienone is 2. The Labute approximate surface area is 49.4 Å². The average molecular weight is 110 g/mol. The van der Waals surface area contributed by atoms with Gasteiger partial charge in [0.25, 0.3) is 0 Å². The molecule has 1 heteroatoms. The van der Waals surface area contributed by atoms with Crippen LogP contribution in [0, 0.1) is 11.8 Å². The molecule has 0 unspecified atom stereocenters. The molecular formula is C7H10O. The molecule has 1 aliphatic rings. The van der Waals surface area contributed by atoms with Crippen molar-refractivity contribution >= 4 is 5.78 Å². The first kappa shape index (κ1) is 5.54. The van der Waals surface area contributed by atoms with Crippen molar-refractivity contribution in [1.82, 2.24) is 0 Å². The molecule has 1 fully saturated rings. The zero-order chi connectivity index (χ0) is 6.15. The maximum atomic E-state index is 10.6. The summed E-state index contributed by atoms with van der Waals surface area (Å²) in [4.78, 5) is 10.6. The highest BCUT2D eigenvalue weighted by atomic mass is 16.1. The van der Waals surface area contributed by atoms with Gasteiger partial charge >= 0.3 is 0 Å². The summed E-state index contributed by atoms with van der Waals surface area (Å²) in [5.74, 6) is 0.967. The molecule has 0 spiro atoms. The Hall–Kier alpha value is -0.590. The number of carbonyl (C=O) groups is 1. The van der Waals surface area contributed by atoms with Crippen molar-refractivity contribution in [2.24, 2.45) is 11.8 Å². The second-order valence-corrected chi connectivity index (χ2v) is 2.24. The summed E-state index contributed by atoms with van der Waals surface area (Å²) in [6, 6.07) is 0. The summed E-state index contributed by atoms with van der Waals surface area (Å²) >= 11 is 0. The van der Waals surface area contributed by atoms with E-state index in [4.69, 9.17) is 0 Å². The third-order valence-electron chi connectivity index (χ3n) is 1.61. The average Bonchev–Trinajstić information content (AvgIpc) is 2.25. The predicted molar refractivity (Wildman–Crippen MR) is 32.5 cm³/mol. The third-order valence-corrected chi connectivity index (χ3v) is 1.61. The first-order valence-electron chi connectivity index (χ1n) is 2.94. The summed E-state index contributed by atoms with van der Waals surface area (Å²) in [6.07, 6.45) is 3.90. The van der Waals surface area contributed by atoms with E-state index in [2.05, 4.69) is 0 Å². The predicted octanol–water partition coefficient (Wildman–Crippen LogP) is 1.40. The summed E-state index contributed by atoms with van der Waals surface area (Å²) in [5.41, 5.74) is 0. The van der Waals surface area contributed by atoms with Crippen LogP contribution in [0.5, 0.6) is 0 Å². The maximum Gasteiger partial charge on any atom is 0.144 e. The van der Waals surface area contributed by atoms with Crippen LogP contribution in [0.2, 0.25) is 0 Å². The highest BCUT2D eigenvalue weighted by Crippen LogP contribution is 2.33. The van der Waals surface area contributed by atoms with Crippen molar-refractivity contribution in [3.63, 3.8) is 0 Å². The maximum absolute atomic E-state index is 10.6. The van der Waals surface area contributed by atoms with Gasteiger partial charge in [0, 0.05) is 11.8 Å². The van der Waals surface area contributed by atoms with Gasteiger partial charge in [-0.25, -0.2) is 0 Å². The fourth-order valence-electron chi connectivity index (χ4n) is 0.858. The monoisotopic (exact) mass is 110 g/mol. The van der Waals surface area contributed by atoms with Gasteiger partial charge in [-0.3, -0.25) is 4.79 Å². The van der Waals surface area contributed by atoms with E-state index in [1.807, 2.05) is 26.0 Å². The molecule has 0 saturated heterocycles. The zero-order valence-electron chi connectivity index (χ0n) is 5.22. The molecule has 2 atom stereocenters. The molecule has 1 aliphatic carbocycles. The van der Waals surface area contributed by atoms with E-state index in [1.165, 1.54) is 0 Å². The first-order chi connectivity index (χ1) is 3.77. The van der Waals surface area contributed by atoms with Gasteiger partial charge in [-0.05, 0) is 6.92 Å². The van der Waals surface area contributed by atoms with E-state index >= 15 is 0 Å². The molecule has 0 bridgehead atoms. The van der Waals surface area contributed by atoms with Crippen molar-refractivity contribution in [1.29, 1.82) is 0 Å². The molecule has 1 nitrogen and oxygen atoms in total. The molecule has 0 aromatic rings. The van der Waals surface area contributed by atoms with Gasteiger partial charge in [0.05, 0.1) is 0 Å². The van der Waals surface area contributed by atoms with Gasteiger partial charge in [0.1, 0.15) is 5.78 Å². The summed E-state index contributed by atoms with van der Waals surface area (Å²) in [7, 11) is 0. The molecule has 0 heterocycles. The Bertz CT molecular complexity index is 135. The van der Waals surface area contributed by atoms with Gasteiger partial charge < -0.3 is 0 Å². The Morgan fingerprint density at radius 1 is 1.62 bits per heavy atom. The number of Topliss-reactive ketones (excluding diaryl/α,β-unsaturated/α-hetero) is 1. The van der Waals surface area contributed by atoms with Gasteiger partial charge in [0.15, 0.2) is 0 Å². The standard InChI is InChI=1S/C7H10O/c1-3-4-6-5(2)7(6)8/h3-6H,1-2H3/b4-3+/t5-,6+/m1/s1. The second kappa shape index (κ2) is 1.73. The molecule has 44 valence electrons. The minimum absolute atomic E-state index is 0.264. The summed E-state index contributed by atoms with van der Waals surface area (Å²) in [6.45, 7) is 3.91. The smallest absolute Gasteiger partial charge is 0.144 e. The van der Waals surface area contributed by atoms with Crippen LogP contribution in [0.4, 0.5) is 0 Å². The van der Waals surface area contributed by atoms with E-state index in [-0.39, 0.29) is 5.92 Å². The number of hydrogen-bond donors (Lipinski definition) is 0. The van der Waals surface area contributed by atoms with E-state index in [0.717, 1.165) is 0 Å². The first-order valence-corrected chi connectivity index (χ1v) is 2.94. The minimum Gasteiger partial charge on any atom is -0.299 e. The normalized spacial score (nSPS) is 36.5. The topological polar surface area (TPSA) is 17.1 Å². The molecule has 0 N–H and O–H groups in total. The molecular weight excluding hydrogens is 100 g/mol. The van der Waals surface area contributed by atoms with Crippen molar-refractivity contribution in [3.05, 3.63) is 12.2 Å². The van der Waals surface area contributed by atoms with Crippen LogP contribution in [0.3, 0.4) is 0 Å². The van der Waals surface area contributed by atoms with Crippen LogP contribution >= 0.6 is 0 Å². The van der Waals surface area contributed by atoms with Crippen molar-refractivity contribution in [2.75, 3.05) is 0 Å². The van der Waals surface area contributed by atoms with Gasteiger partial charge in [-0.15, -0.1) is 0 Å². The van der Waals surface area contributed by atoms with E-state index in [0.29, 0.717) is 11.7 Å². The van der Waals surface area contributed by atoms with Crippen LogP contribution in [0.1, 0.15) is 13.8 Å². The third kappa shape index (κ3) is 0.683. The molecule has 0 amide bonds. The zero-order valence-corrected chi connectivity index (χ0v) is 5.22. The fraction of sp³-hybridized carbons (Fsp3) is 0.571. The lowest BCUT2D eigenvalue weighted by molar-refractivity contribution is -0.111. The Morgan fingerprint density at radius 2 is 2.12 bits per heavy atom. The second-order valence-electron chi connectivity index (χ2n) is 2.24. The fourth-order valence-corrected chi connectivity index (χ4v) is 0.858. The number of hydrogen-bond acceptors (Lipinski definition) is 1. The largest absolute Gasteiger partial charge is 0.299 e. The van der Waals surface area contributed by atoms with Crippen LogP contribution in [-0.2, 0) is 4.79 Å². The van der Waals surface area contributed by atoms with Gasteiger partial charge in [-0.1, -0.05) is 19.1 Å². The van der Waals surface area contributed by atoms with Crippen molar-refractivity contribution in [2.45, 2.75) is 13.8 Å². The van der Waals surface area contributed by atoms with E-state index in [1.54, 1.807) is 0 Å². The molecule has 0 radical (unpaired) electrons. The van der Waals surface area contributed by atoms with Crippen LogP contribution in [0.25, 0.3) is 0 Å². The molecule has 0 aromatic heterocycles. The Morgan fingerprint density at radius 3 is 2.25 bits per heavy atom. The Kier molecular flexibility index (Phi) is 1.20. The molecule has 8 heavy (non-hydrogen) atoms. The highest BCUT2D eigenvalue weighted by Gasteiger charge is 2.42. The molecule has 1 rings (SSSR count). The number of rotatable bonds is 1. The van der Waals surface area contributed by atoms with E-state index in [9.17, 15) is 4.79 Å². The van der Waals surface area contributed by atoms with Crippen LogP contribution in [-0.4, -0.2) is 5.78 Å². The molecule has 0 aliphatic heterocycles. The molecule has 1 saturated carbocycles. The lowest BCUT2D eigenvalue weighted by Gasteiger charge is -1.72. The lowest BCUT2D eigenvalue weighted by Crippen LogP contribution is -1.66. The van der Waals surface area contributed by atoms with Crippen molar-refractivity contribution < 1.29 is 4.79 Å². The number of ketones is 1. The van der Waals surface area contributed by atoms with Gasteiger partial charge in [-0.2, -0.15) is 0 Å². The molecule has 0 aromatic carbocycles. The SMILES string of the molecule is C/C=C/[C@@H]1C(=O)[C@@H]1C. The quantitative estimate of drug-likeness (QED) is 0.466. The van der Waals surface area contributed by atoms with Crippen LogP contribution in [0.15, 0.2) is 12.2 Å². The number of carbonyl (C=O) groups excluding carboxylic acids is 1. The lowest BCUT2D eigenvalue weighted by atomic mass is 10.3. The summed E-state index contributed by atoms with van der Waals surface area (Å²) in [5, 5.41) is 0. The summed E-state index contributed by atoms with van der Waals surface area (Å²) < 4.78 is 0. The van der Waals surface area contributed by atoms with Crippen LogP contribution < -0.4 is 0 Å². The van der Waals surface area contributed by atoms with Crippen molar-refractivity contribution in [3.8, 4) is 0 Å². The van der Waals surface area contributed by atoms with E-state index < -0.39 is 0 Å². The Balaban J connectivity index is 2.45. The minimum atomic E-state index is 0.264.